The van der Waals surface area contributed by atoms with Crippen molar-refractivity contribution in [3.05, 3.63) is 88.4 Å². The molecule has 0 bridgehead atoms. The molecule has 0 aromatic heterocycles. The molecule has 2 aliphatic rings. The predicted octanol–water partition coefficient (Wildman–Crippen LogP) is 4.59. The first-order valence-corrected chi connectivity index (χ1v) is 11.3. The van der Waals surface area contributed by atoms with Crippen molar-refractivity contribution in [2.75, 3.05) is 19.1 Å². The first-order chi connectivity index (χ1) is 16.0. The molecule has 2 N–H and O–H groups in total. The zero-order chi connectivity index (χ0) is 23.1. The lowest BCUT2D eigenvalue weighted by Gasteiger charge is -2.31. The SMILES string of the molecule is COc1ccc(C2C3C(NNC3c3ccc(Cl)cc3)C(=O)N2c2ccc(C)cc2)cc1OC. The van der Waals surface area contributed by atoms with E-state index in [-0.39, 0.29) is 30.0 Å². The van der Waals surface area contributed by atoms with Gasteiger partial charge in [0.25, 0.3) is 0 Å². The van der Waals surface area contributed by atoms with Gasteiger partial charge in [-0.1, -0.05) is 47.5 Å². The van der Waals surface area contributed by atoms with Crippen LogP contribution in [0.15, 0.2) is 66.7 Å². The number of carbonyl (C=O) groups excluding carboxylic acids is 1. The van der Waals surface area contributed by atoms with Gasteiger partial charge in [0.2, 0.25) is 5.91 Å². The summed E-state index contributed by atoms with van der Waals surface area (Å²) in [4.78, 5) is 15.6. The minimum atomic E-state index is -0.370. The molecule has 2 fully saturated rings. The monoisotopic (exact) mass is 463 g/mol. The highest BCUT2D eigenvalue weighted by Crippen LogP contribution is 2.50. The Hall–Kier alpha value is -3.06. The van der Waals surface area contributed by atoms with E-state index in [0.717, 1.165) is 22.4 Å². The number of methoxy groups -OCH3 is 2. The van der Waals surface area contributed by atoms with Gasteiger partial charge >= 0.3 is 0 Å². The molecule has 170 valence electrons. The number of nitrogens with one attached hydrogen (secondary N) is 2. The molecule has 3 aromatic carbocycles. The van der Waals surface area contributed by atoms with E-state index in [1.807, 2.05) is 78.6 Å². The molecule has 0 saturated carbocycles. The van der Waals surface area contributed by atoms with Crippen LogP contribution in [0.1, 0.15) is 28.8 Å². The van der Waals surface area contributed by atoms with Crippen LogP contribution in [0.5, 0.6) is 11.5 Å². The van der Waals surface area contributed by atoms with Crippen LogP contribution in [-0.4, -0.2) is 26.2 Å². The maximum Gasteiger partial charge on any atom is 0.246 e. The third kappa shape index (κ3) is 3.74. The minimum Gasteiger partial charge on any atom is -0.493 e. The maximum absolute atomic E-state index is 13.7. The number of benzene rings is 3. The Labute approximate surface area is 198 Å². The van der Waals surface area contributed by atoms with E-state index in [0.29, 0.717) is 16.5 Å². The summed E-state index contributed by atoms with van der Waals surface area (Å²) in [6, 6.07) is 21.1. The summed E-state index contributed by atoms with van der Waals surface area (Å²) >= 11 is 6.13. The van der Waals surface area contributed by atoms with Crippen LogP contribution in [0.25, 0.3) is 0 Å². The number of carbonyl (C=O) groups is 1. The molecule has 1 amide bonds. The highest BCUT2D eigenvalue weighted by Gasteiger charge is 2.56. The van der Waals surface area contributed by atoms with Crippen molar-refractivity contribution in [1.82, 2.24) is 10.9 Å². The van der Waals surface area contributed by atoms with E-state index in [1.54, 1.807) is 14.2 Å². The van der Waals surface area contributed by atoms with Crippen molar-refractivity contribution >= 4 is 23.2 Å². The van der Waals surface area contributed by atoms with Crippen LogP contribution < -0.4 is 25.2 Å². The van der Waals surface area contributed by atoms with Gasteiger partial charge in [0.05, 0.1) is 26.3 Å². The lowest BCUT2D eigenvalue weighted by atomic mass is 9.83. The number of aryl methyl sites for hydroxylation is 1. The van der Waals surface area contributed by atoms with Crippen LogP contribution in [-0.2, 0) is 4.79 Å². The number of hydrogen-bond donors (Lipinski definition) is 2. The molecule has 4 unspecified atom stereocenters. The van der Waals surface area contributed by atoms with E-state index in [9.17, 15) is 4.79 Å². The zero-order valence-electron chi connectivity index (χ0n) is 18.7. The van der Waals surface area contributed by atoms with Crippen molar-refractivity contribution in [2.45, 2.75) is 25.0 Å². The first-order valence-electron chi connectivity index (χ1n) is 10.9. The van der Waals surface area contributed by atoms with Gasteiger partial charge < -0.3 is 14.4 Å². The summed E-state index contributed by atoms with van der Waals surface area (Å²) in [7, 11) is 3.24. The largest absolute Gasteiger partial charge is 0.493 e. The molecule has 3 aromatic rings. The minimum absolute atomic E-state index is 0.0348. The van der Waals surface area contributed by atoms with Crippen LogP contribution in [0.4, 0.5) is 5.69 Å². The number of fused-ring (bicyclic) bond motifs is 1. The number of rotatable bonds is 5. The quantitative estimate of drug-likeness (QED) is 0.579. The predicted molar refractivity (Wildman–Crippen MR) is 129 cm³/mol. The average Bonchev–Trinajstić information content (AvgIpc) is 3.39. The third-order valence-electron chi connectivity index (χ3n) is 6.60. The number of nitrogens with zero attached hydrogens (tertiary/aromatic N) is 1. The van der Waals surface area contributed by atoms with Gasteiger partial charge in [0.15, 0.2) is 11.5 Å². The zero-order valence-corrected chi connectivity index (χ0v) is 19.5. The van der Waals surface area contributed by atoms with Gasteiger partial charge in [-0.15, -0.1) is 0 Å². The molecule has 2 heterocycles. The van der Waals surface area contributed by atoms with Gasteiger partial charge in [0.1, 0.15) is 6.04 Å². The highest BCUT2D eigenvalue weighted by atomic mass is 35.5. The Morgan fingerprint density at radius 3 is 2.12 bits per heavy atom. The van der Waals surface area contributed by atoms with Gasteiger partial charge in [-0.2, -0.15) is 0 Å². The lowest BCUT2D eigenvalue weighted by Crippen LogP contribution is -2.41. The van der Waals surface area contributed by atoms with Crippen molar-refractivity contribution in [3.63, 3.8) is 0 Å². The fourth-order valence-corrected chi connectivity index (χ4v) is 5.12. The van der Waals surface area contributed by atoms with Gasteiger partial charge in [-0.25, -0.2) is 10.9 Å². The van der Waals surface area contributed by atoms with E-state index in [2.05, 4.69) is 10.9 Å². The summed E-state index contributed by atoms with van der Waals surface area (Å²) in [5.41, 5.74) is 10.7. The van der Waals surface area contributed by atoms with Crippen molar-refractivity contribution in [2.24, 2.45) is 5.92 Å². The number of hydrazine groups is 1. The Morgan fingerprint density at radius 2 is 1.45 bits per heavy atom. The molecule has 7 heteroatoms. The number of halogens is 1. The molecule has 6 nitrogen and oxygen atoms in total. The second-order valence-electron chi connectivity index (χ2n) is 8.48. The first kappa shape index (κ1) is 21.8. The Balaban J connectivity index is 1.64. The summed E-state index contributed by atoms with van der Waals surface area (Å²) in [6.45, 7) is 2.04. The van der Waals surface area contributed by atoms with Crippen molar-refractivity contribution in [3.8, 4) is 11.5 Å². The molecule has 4 atom stereocenters. The molecular formula is C26H26ClN3O3. The lowest BCUT2D eigenvalue weighted by molar-refractivity contribution is -0.119. The molecule has 2 saturated heterocycles. The van der Waals surface area contributed by atoms with Gasteiger partial charge in [-0.05, 0) is 54.4 Å². The fraction of sp³-hybridized carbons (Fsp3) is 0.269. The average molecular weight is 464 g/mol. The number of anilines is 1. The van der Waals surface area contributed by atoms with Crippen LogP contribution >= 0.6 is 11.6 Å². The molecule has 0 radical (unpaired) electrons. The molecular weight excluding hydrogens is 438 g/mol. The van der Waals surface area contributed by atoms with Crippen molar-refractivity contribution < 1.29 is 14.3 Å². The summed E-state index contributed by atoms with van der Waals surface area (Å²) in [5, 5.41) is 0.682. The second-order valence-corrected chi connectivity index (χ2v) is 8.91. The third-order valence-corrected chi connectivity index (χ3v) is 6.85. The highest BCUT2D eigenvalue weighted by molar-refractivity contribution is 6.30. The van der Waals surface area contributed by atoms with E-state index in [4.69, 9.17) is 21.1 Å². The Morgan fingerprint density at radius 1 is 0.818 bits per heavy atom. The van der Waals surface area contributed by atoms with Gasteiger partial charge in [-0.3, -0.25) is 4.79 Å². The molecule has 5 rings (SSSR count). The number of hydrogen-bond acceptors (Lipinski definition) is 5. The van der Waals surface area contributed by atoms with Crippen molar-refractivity contribution in [1.29, 1.82) is 0 Å². The Bertz CT molecular complexity index is 1170. The molecule has 0 aliphatic carbocycles. The number of ether oxygens (including phenoxy) is 2. The van der Waals surface area contributed by atoms with E-state index < -0.39 is 0 Å². The summed E-state index contributed by atoms with van der Waals surface area (Å²) < 4.78 is 11.0. The molecule has 33 heavy (non-hydrogen) atoms. The Kier molecular flexibility index (Phi) is 5.74. The standard InChI is InChI=1S/C26H26ClN3O3/c1-15-4-11-19(12-5-15)30-25(17-8-13-20(32-2)21(14-17)33-3)22-23(28-29-24(22)26(30)31)16-6-9-18(27)10-7-16/h4-14,22-25,28-29H,1-3H3. The summed E-state index contributed by atoms with van der Waals surface area (Å²) in [5.74, 6) is 1.27. The fourth-order valence-electron chi connectivity index (χ4n) is 4.99. The molecule has 2 aliphatic heterocycles. The number of amides is 1. The van der Waals surface area contributed by atoms with E-state index >= 15 is 0 Å². The van der Waals surface area contributed by atoms with Crippen LogP contribution in [0, 0.1) is 12.8 Å². The van der Waals surface area contributed by atoms with Crippen LogP contribution in [0.2, 0.25) is 5.02 Å². The normalized spacial score (nSPS) is 24.1. The van der Waals surface area contributed by atoms with Gasteiger partial charge in [0, 0.05) is 16.6 Å². The second kappa shape index (κ2) is 8.71. The van der Waals surface area contributed by atoms with E-state index in [1.165, 1.54) is 0 Å². The smallest absolute Gasteiger partial charge is 0.246 e. The summed E-state index contributed by atoms with van der Waals surface area (Å²) in [6.07, 6.45) is 0. The maximum atomic E-state index is 13.7. The topological polar surface area (TPSA) is 62.8 Å². The van der Waals surface area contributed by atoms with Crippen LogP contribution in [0.3, 0.4) is 0 Å². The molecule has 0 spiro atoms.